The van der Waals surface area contributed by atoms with Crippen molar-refractivity contribution in [1.29, 1.82) is 0 Å². The number of carbonyl (C=O) groups is 1. The molecule has 0 heterocycles. The van der Waals surface area contributed by atoms with Crippen molar-refractivity contribution in [3.8, 4) is 5.75 Å². The average molecular weight is 337 g/mol. The van der Waals surface area contributed by atoms with Crippen LogP contribution in [0.5, 0.6) is 5.75 Å². The van der Waals surface area contributed by atoms with E-state index in [2.05, 4.69) is 10.6 Å². The first-order valence-electron chi connectivity index (χ1n) is 7.17. The van der Waals surface area contributed by atoms with Gasteiger partial charge in [-0.05, 0) is 35.9 Å². The first-order chi connectivity index (χ1) is 11.1. The van der Waals surface area contributed by atoms with Gasteiger partial charge < -0.3 is 15.4 Å². The molecule has 0 bridgehead atoms. The number of carbonyl (C=O) groups excluding carboxylic acids is 1. The van der Waals surface area contributed by atoms with Gasteiger partial charge in [0.2, 0.25) is 5.91 Å². The van der Waals surface area contributed by atoms with E-state index in [9.17, 15) is 9.18 Å². The van der Waals surface area contributed by atoms with Crippen LogP contribution in [0, 0.1) is 5.82 Å². The van der Waals surface area contributed by atoms with Crippen molar-refractivity contribution < 1.29 is 13.9 Å². The zero-order valence-corrected chi connectivity index (χ0v) is 13.5. The lowest BCUT2D eigenvalue weighted by Gasteiger charge is -2.09. The molecular weight excluding hydrogens is 319 g/mol. The number of hydrogen-bond donors (Lipinski definition) is 2. The van der Waals surface area contributed by atoms with Gasteiger partial charge in [-0.25, -0.2) is 4.39 Å². The van der Waals surface area contributed by atoms with Crippen LogP contribution in [0.3, 0.4) is 0 Å². The minimum Gasteiger partial charge on any atom is -0.495 e. The molecule has 6 heteroatoms. The molecule has 0 spiro atoms. The fourth-order valence-corrected chi connectivity index (χ4v) is 2.26. The van der Waals surface area contributed by atoms with E-state index >= 15 is 0 Å². The fraction of sp³-hybridized carbons (Fsp3) is 0.235. The summed E-state index contributed by atoms with van der Waals surface area (Å²) in [5.41, 5.74) is 1.59. The standard InChI is InChI=1S/C17H18ClFN2O2/c1-23-16-7-6-14(10-15(16)18)21-17(22)8-9-20-11-12-2-4-13(19)5-3-12/h2-7,10,20H,8-9,11H2,1H3,(H,21,22). The van der Waals surface area contributed by atoms with Gasteiger partial charge in [0.05, 0.1) is 12.1 Å². The zero-order valence-electron chi connectivity index (χ0n) is 12.7. The molecule has 2 N–H and O–H groups in total. The SMILES string of the molecule is COc1ccc(NC(=O)CCNCc2ccc(F)cc2)cc1Cl. The minimum atomic E-state index is -0.258. The van der Waals surface area contributed by atoms with E-state index in [1.807, 2.05) is 0 Å². The number of nitrogens with one attached hydrogen (secondary N) is 2. The second-order valence-corrected chi connectivity index (χ2v) is 5.36. The van der Waals surface area contributed by atoms with Gasteiger partial charge in [-0.3, -0.25) is 4.79 Å². The quantitative estimate of drug-likeness (QED) is 0.759. The molecule has 1 amide bonds. The molecule has 0 aliphatic heterocycles. The van der Waals surface area contributed by atoms with Crippen LogP contribution in [0.25, 0.3) is 0 Å². The van der Waals surface area contributed by atoms with Crippen LogP contribution in [-0.4, -0.2) is 19.6 Å². The van der Waals surface area contributed by atoms with E-state index < -0.39 is 0 Å². The van der Waals surface area contributed by atoms with Crippen LogP contribution in [-0.2, 0) is 11.3 Å². The van der Waals surface area contributed by atoms with Crippen LogP contribution in [0.4, 0.5) is 10.1 Å². The van der Waals surface area contributed by atoms with E-state index in [4.69, 9.17) is 16.3 Å². The lowest BCUT2D eigenvalue weighted by molar-refractivity contribution is -0.116. The second-order valence-electron chi connectivity index (χ2n) is 4.95. The molecule has 0 saturated carbocycles. The van der Waals surface area contributed by atoms with E-state index in [0.717, 1.165) is 5.56 Å². The summed E-state index contributed by atoms with van der Waals surface area (Å²) in [7, 11) is 1.53. The largest absolute Gasteiger partial charge is 0.495 e. The maximum absolute atomic E-state index is 12.8. The van der Waals surface area contributed by atoms with E-state index in [1.54, 1.807) is 30.3 Å². The third-order valence-electron chi connectivity index (χ3n) is 3.21. The molecule has 4 nitrogen and oxygen atoms in total. The minimum absolute atomic E-state index is 0.113. The maximum Gasteiger partial charge on any atom is 0.225 e. The zero-order chi connectivity index (χ0) is 16.7. The second kappa shape index (κ2) is 8.50. The van der Waals surface area contributed by atoms with Crippen molar-refractivity contribution in [2.24, 2.45) is 0 Å². The highest BCUT2D eigenvalue weighted by Gasteiger charge is 2.05. The van der Waals surface area contributed by atoms with Crippen molar-refractivity contribution in [1.82, 2.24) is 5.32 Å². The van der Waals surface area contributed by atoms with Gasteiger partial charge in [-0.1, -0.05) is 23.7 Å². The summed E-state index contributed by atoms with van der Waals surface area (Å²) in [5.74, 6) is 0.190. The molecule has 0 aromatic heterocycles. The van der Waals surface area contributed by atoms with Crippen molar-refractivity contribution in [2.75, 3.05) is 19.0 Å². The van der Waals surface area contributed by atoms with Gasteiger partial charge in [-0.15, -0.1) is 0 Å². The number of anilines is 1. The van der Waals surface area contributed by atoms with Crippen LogP contribution in [0.1, 0.15) is 12.0 Å². The average Bonchev–Trinajstić information content (AvgIpc) is 2.53. The third-order valence-corrected chi connectivity index (χ3v) is 3.50. The Labute approximate surface area is 139 Å². The van der Waals surface area contributed by atoms with Crippen molar-refractivity contribution in [2.45, 2.75) is 13.0 Å². The molecule has 0 aliphatic rings. The van der Waals surface area contributed by atoms with Crippen molar-refractivity contribution in [3.63, 3.8) is 0 Å². The molecule has 0 radical (unpaired) electrons. The van der Waals surface area contributed by atoms with E-state index in [0.29, 0.717) is 36.0 Å². The predicted molar refractivity (Wildman–Crippen MR) is 89.4 cm³/mol. The number of amides is 1. The number of halogens is 2. The number of rotatable bonds is 7. The maximum atomic E-state index is 12.8. The molecule has 0 saturated heterocycles. The summed E-state index contributed by atoms with van der Waals surface area (Å²) < 4.78 is 17.8. The van der Waals surface area contributed by atoms with Crippen LogP contribution in [0.2, 0.25) is 5.02 Å². The smallest absolute Gasteiger partial charge is 0.225 e. The summed E-state index contributed by atoms with van der Waals surface area (Å²) in [5, 5.41) is 6.35. The Morgan fingerprint density at radius 2 is 1.96 bits per heavy atom. The molecule has 23 heavy (non-hydrogen) atoms. The number of methoxy groups -OCH3 is 1. The molecule has 2 aromatic rings. The van der Waals surface area contributed by atoms with Crippen molar-refractivity contribution in [3.05, 3.63) is 58.9 Å². The van der Waals surface area contributed by atoms with Crippen LogP contribution < -0.4 is 15.4 Å². The molecule has 122 valence electrons. The lowest BCUT2D eigenvalue weighted by atomic mass is 10.2. The molecule has 2 aromatic carbocycles. The molecule has 0 unspecified atom stereocenters. The van der Waals surface area contributed by atoms with E-state index in [-0.39, 0.29) is 11.7 Å². The number of ether oxygens (including phenoxy) is 1. The summed E-state index contributed by atoms with van der Waals surface area (Å²) in [6.45, 7) is 1.11. The highest BCUT2D eigenvalue weighted by atomic mass is 35.5. The Morgan fingerprint density at radius 3 is 2.61 bits per heavy atom. The topological polar surface area (TPSA) is 50.4 Å². The highest BCUT2D eigenvalue weighted by Crippen LogP contribution is 2.27. The summed E-state index contributed by atoms with van der Waals surface area (Å²) >= 11 is 6.00. The van der Waals surface area contributed by atoms with Crippen molar-refractivity contribution >= 4 is 23.2 Å². The van der Waals surface area contributed by atoms with Crippen LogP contribution in [0.15, 0.2) is 42.5 Å². The number of hydrogen-bond acceptors (Lipinski definition) is 3. The molecular formula is C17H18ClFN2O2. The Kier molecular flexibility index (Phi) is 6.38. The van der Waals surface area contributed by atoms with Gasteiger partial charge in [-0.2, -0.15) is 0 Å². The first kappa shape index (κ1) is 17.2. The number of benzene rings is 2. The summed E-state index contributed by atoms with van der Waals surface area (Å²) in [6.07, 6.45) is 0.324. The normalized spacial score (nSPS) is 10.4. The Hall–Kier alpha value is -2.11. The van der Waals surface area contributed by atoms with Gasteiger partial charge >= 0.3 is 0 Å². The highest BCUT2D eigenvalue weighted by molar-refractivity contribution is 6.32. The molecule has 0 fully saturated rings. The van der Waals surface area contributed by atoms with Gasteiger partial charge in [0.1, 0.15) is 11.6 Å². The third kappa shape index (κ3) is 5.54. The summed E-state index contributed by atoms with van der Waals surface area (Å²) in [4.78, 5) is 11.9. The molecule has 2 rings (SSSR count). The summed E-state index contributed by atoms with van der Waals surface area (Å²) in [6, 6.07) is 11.3. The Balaban J connectivity index is 1.72. The Morgan fingerprint density at radius 1 is 1.22 bits per heavy atom. The molecule has 0 aliphatic carbocycles. The van der Waals surface area contributed by atoms with E-state index in [1.165, 1.54) is 19.2 Å². The predicted octanol–water partition coefficient (Wildman–Crippen LogP) is 3.61. The first-order valence-corrected chi connectivity index (χ1v) is 7.55. The monoisotopic (exact) mass is 336 g/mol. The fourth-order valence-electron chi connectivity index (χ4n) is 2.00. The van der Waals surface area contributed by atoms with Crippen LogP contribution >= 0.6 is 11.6 Å². The Bertz CT molecular complexity index is 662. The van der Waals surface area contributed by atoms with Gasteiger partial charge in [0.25, 0.3) is 0 Å². The van der Waals surface area contributed by atoms with Gasteiger partial charge in [0, 0.05) is 25.2 Å². The lowest BCUT2D eigenvalue weighted by Crippen LogP contribution is -2.21. The molecule has 0 atom stereocenters. The van der Waals surface area contributed by atoms with Gasteiger partial charge in [0.15, 0.2) is 0 Å².